The highest BCUT2D eigenvalue weighted by molar-refractivity contribution is 6.21. The fraction of sp³-hybridized carbons (Fsp3) is 0.462. The Morgan fingerprint density at radius 1 is 1.03 bits per heavy atom. The van der Waals surface area contributed by atoms with Crippen LogP contribution in [0.4, 0.5) is 0 Å². The summed E-state index contributed by atoms with van der Waals surface area (Å²) < 4.78 is 5.98. The molecule has 5 rings (SSSR count). The average Bonchev–Trinajstić information content (AvgIpc) is 3.01. The van der Waals surface area contributed by atoms with Gasteiger partial charge in [-0.2, -0.15) is 0 Å². The van der Waals surface area contributed by atoms with Gasteiger partial charge in [-0.25, -0.2) is 0 Å². The van der Waals surface area contributed by atoms with Crippen LogP contribution in [0.3, 0.4) is 0 Å². The summed E-state index contributed by atoms with van der Waals surface area (Å²) in [6.45, 7) is 7.29. The summed E-state index contributed by atoms with van der Waals surface area (Å²) in [5.74, 6) is 0.971. The van der Waals surface area contributed by atoms with Crippen LogP contribution in [0.1, 0.15) is 66.3 Å². The maximum absolute atomic E-state index is 13.2. The molecule has 2 heterocycles. The second-order valence-electron chi connectivity index (χ2n) is 9.68. The van der Waals surface area contributed by atoms with E-state index in [2.05, 4.69) is 30.4 Å². The van der Waals surface area contributed by atoms with Crippen LogP contribution in [0.15, 0.2) is 48.5 Å². The van der Waals surface area contributed by atoms with E-state index in [1.54, 1.807) is 17.0 Å². The highest BCUT2D eigenvalue weighted by Gasteiger charge is 2.52. The quantitative estimate of drug-likeness (QED) is 0.757. The maximum atomic E-state index is 13.2. The van der Waals surface area contributed by atoms with Gasteiger partial charge in [-0.15, -0.1) is 0 Å². The van der Waals surface area contributed by atoms with Crippen molar-refractivity contribution in [1.82, 2.24) is 10.2 Å². The van der Waals surface area contributed by atoms with Gasteiger partial charge in [0.05, 0.1) is 17.2 Å². The second kappa shape index (κ2) is 7.49. The Hall–Kier alpha value is -2.66. The van der Waals surface area contributed by atoms with Crippen LogP contribution in [-0.4, -0.2) is 41.4 Å². The maximum Gasteiger partial charge on any atom is 0.261 e. The zero-order valence-corrected chi connectivity index (χ0v) is 18.4. The Morgan fingerprint density at radius 2 is 1.74 bits per heavy atom. The number of nitrogens with zero attached hydrogens (tertiary/aromatic N) is 1. The highest BCUT2D eigenvalue weighted by Crippen LogP contribution is 2.50. The number of piperidine rings is 1. The zero-order chi connectivity index (χ0) is 21.8. The standard InChI is InChI=1S/C26H30N2O3/c1-16(2)31-21-8-6-7-18(11-21)26-13-19(27-15-17(26)3)12-20(14-26)28-24(29)22-9-4-5-10-23(22)25(28)30/h4-11,16-17,19-20,27H,12-15H2,1-3H3/t17-,19+,20+,26-/m0/s1. The van der Waals surface area contributed by atoms with Gasteiger partial charge in [0.25, 0.3) is 11.8 Å². The molecule has 0 radical (unpaired) electrons. The van der Waals surface area contributed by atoms with Gasteiger partial charge in [-0.3, -0.25) is 14.5 Å². The molecule has 162 valence electrons. The van der Waals surface area contributed by atoms with Crippen molar-refractivity contribution < 1.29 is 14.3 Å². The molecule has 31 heavy (non-hydrogen) atoms. The first-order valence-corrected chi connectivity index (χ1v) is 11.4. The minimum Gasteiger partial charge on any atom is -0.491 e. The van der Waals surface area contributed by atoms with Crippen LogP contribution >= 0.6 is 0 Å². The van der Waals surface area contributed by atoms with Crippen molar-refractivity contribution in [3.8, 4) is 5.75 Å². The molecule has 2 aromatic carbocycles. The zero-order valence-electron chi connectivity index (χ0n) is 18.4. The highest BCUT2D eigenvalue weighted by atomic mass is 16.5. The number of carbonyl (C=O) groups excluding carboxylic acids is 2. The van der Waals surface area contributed by atoms with Gasteiger partial charge < -0.3 is 10.1 Å². The molecule has 2 aromatic rings. The first-order valence-electron chi connectivity index (χ1n) is 11.4. The van der Waals surface area contributed by atoms with Gasteiger partial charge >= 0.3 is 0 Å². The summed E-state index contributed by atoms with van der Waals surface area (Å²) >= 11 is 0. The van der Waals surface area contributed by atoms with Crippen molar-refractivity contribution in [2.75, 3.05) is 6.54 Å². The Balaban J connectivity index is 1.52. The van der Waals surface area contributed by atoms with E-state index >= 15 is 0 Å². The predicted octanol–water partition coefficient (Wildman–Crippen LogP) is 4.17. The molecule has 2 aliphatic heterocycles. The molecular weight excluding hydrogens is 388 g/mol. The lowest BCUT2D eigenvalue weighted by molar-refractivity contribution is 0.0324. The van der Waals surface area contributed by atoms with Crippen LogP contribution in [0, 0.1) is 5.92 Å². The van der Waals surface area contributed by atoms with Crippen molar-refractivity contribution in [1.29, 1.82) is 0 Å². The molecule has 1 saturated carbocycles. The summed E-state index contributed by atoms with van der Waals surface area (Å²) in [6, 6.07) is 15.8. The molecule has 1 aliphatic carbocycles. The number of rotatable bonds is 4. The van der Waals surface area contributed by atoms with Crippen LogP contribution in [0.25, 0.3) is 0 Å². The number of amides is 2. The molecular formula is C26H30N2O3. The third-order valence-corrected chi connectivity index (χ3v) is 7.39. The summed E-state index contributed by atoms with van der Waals surface area (Å²) in [6.07, 6.45) is 2.73. The van der Waals surface area contributed by atoms with Crippen molar-refractivity contribution >= 4 is 11.8 Å². The predicted molar refractivity (Wildman–Crippen MR) is 119 cm³/mol. The Bertz CT molecular complexity index is 998. The number of fused-ring (bicyclic) bond motifs is 3. The second-order valence-corrected chi connectivity index (χ2v) is 9.68. The molecule has 5 nitrogen and oxygen atoms in total. The summed E-state index contributed by atoms with van der Waals surface area (Å²) in [5.41, 5.74) is 2.23. The number of imide groups is 1. The Kier molecular flexibility index (Phi) is 4.89. The number of ether oxygens (including phenoxy) is 1. The van der Waals surface area contributed by atoms with Gasteiger partial charge in [-0.05, 0) is 75.4 Å². The summed E-state index contributed by atoms with van der Waals surface area (Å²) in [4.78, 5) is 27.9. The monoisotopic (exact) mass is 418 g/mol. The molecule has 2 fully saturated rings. The van der Waals surface area contributed by atoms with Crippen LogP contribution in [0.2, 0.25) is 0 Å². The SMILES string of the molecule is CC(C)Oc1cccc([C@@]23C[C@@H](C[C@@H](N4C(=O)c5ccccc5C4=O)C2)NC[C@@H]3C)c1. The largest absolute Gasteiger partial charge is 0.491 e. The molecule has 2 bridgehead atoms. The van der Waals surface area contributed by atoms with E-state index in [1.807, 2.05) is 32.0 Å². The number of carbonyl (C=O) groups is 2. The van der Waals surface area contributed by atoms with Crippen molar-refractivity contribution in [2.24, 2.45) is 5.92 Å². The fourth-order valence-electron chi connectivity index (χ4n) is 5.94. The van der Waals surface area contributed by atoms with Gasteiger partial charge in [-0.1, -0.05) is 31.2 Å². The lowest BCUT2D eigenvalue weighted by Gasteiger charge is -2.54. The molecule has 1 N–H and O–H groups in total. The van der Waals surface area contributed by atoms with Gasteiger partial charge in [0.15, 0.2) is 0 Å². The van der Waals surface area contributed by atoms with Crippen LogP contribution in [-0.2, 0) is 5.41 Å². The van der Waals surface area contributed by atoms with E-state index in [0.717, 1.165) is 31.6 Å². The lowest BCUT2D eigenvalue weighted by atomic mass is 9.58. The molecule has 2 amide bonds. The number of benzene rings is 2. The third kappa shape index (κ3) is 3.26. The van der Waals surface area contributed by atoms with Crippen molar-refractivity contribution in [3.63, 3.8) is 0 Å². The van der Waals surface area contributed by atoms with E-state index < -0.39 is 0 Å². The number of hydrogen-bond acceptors (Lipinski definition) is 4. The number of hydrogen-bond donors (Lipinski definition) is 1. The van der Waals surface area contributed by atoms with Gasteiger partial charge in [0.2, 0.25) is 0 Å². The van der Waals surface area contributed by atoms with Crippen LogP contribution in [0.5, 0.6) is 5.75 Å². The Labute approximate surface area is 183 Å². The molecule has 3 aliphatic rings. The van der Waals surface area contributed by atoms with E-state index in [9.17, 15) is 9.59 Å². The topological polar surface area (TPSA) is 58.6 Å². The first kappa shape index (κ1) is 20.3. The van der Waals surface area contributed by atoms with Gasteiger partial charge in [0.1, 0.15) is 5.75 Å². The van der Waals surface area contributed by atoms with E-state index in [0.29, 0.717) is 17.0 Å². The molecule has 1 saturated heterocycles. The minimum atomic E-state index is -0.148. The molecule has 0 unspecified atom stereocenters. The van der Waals surface area contributed by atoms with E-state index in [1.165, 1.54) is 5.56 Å². The molecule has 0 aromatic heterocycles. The van der Waals surface area contributed by atoms with E-state index in [4.69, 9.17) is 4.74 Å². The average molecular weight is 419 g/mol. The lowest BCUT2D eigenvalue weighted by Crippen LogP contribution is -2.61. The fourth-order valence-corrected chi connectivity index (χ4v) is 5.94. The normalized spacial score (nSPS) is 29.9. The van der Waals surface area contributed by atoms with Crippen molar-refractivity contribution in [3.05, 3.63) is 65.2 Å². The van der Waals surface area contributed by atoms with E-state index in [-0.39, 0.29) is 35.4 Å². The smallest absolute Gasteiger partial charge is 0.261 e. The molecule has 4 atom stereocenters. The molecule has 5 heteroatoms. The summed E-state index contributed by atoms with van der Waals surface area (Å²) in [7, 11) is 0. The van der Waals surface area contributed by atoms with Gasteiger partial charge in [0, 0.05) is 17.5 Å². The Morgan fingerprint density at radius 3 is 2.42 bits per heavy atom. The summed E-state index contributed by atoms with van der Waals surface area (Å²) in [5, 5.41) is 3.67. The third-order valence-electron chi connectivity index (χ3n) is 7.39. The first-order chi connectivity index (χ1) is 14.9. The minimum absolute atomic E-state index is 0.0927. The van der Waals surface area contributed by atoms with Crippen LogP contribution < -0.4 is 10.1 Å². The molecule has 0 spiro atoms. The number of nitrogens with one attached hydrogen (secondary N) is 1. The van der Waals surface area contributed by atoms with Crippen molar-refractivity contribution in [2.45, 2.75) is 63.6 Å².